The number of aromatic amines is 1. The number of rotatable bonds is 16. The van der Waals surface area contributed by atoms with Crippen molar-refractivity contribution in [2.24, 2.45) is 10.8 Å². The molecule has 2 unspecified atom stereocenters. The number of aromatic nitrogens is 2. The molecule has 2 heterocycles. The highest BCUT2D eigenvalue weighted by atomic mass is 79.9. The minimum absolute atomic E-state index is 0.0151. The molecule has 0 bridgehead atoms. The number of carbonyl (C=O) groups is 4. The normalized spacial score (nSPS) is 18.7. The minimum Gasteiger partial charge on any atom is -0.427 e. The molecule has 1 aliphatic rings. The summed E-state index contributed by atoms with van der Waals surface area (Å²) in [5.41, 5.74) is -3.18. The average Bonchev–Trinajstić information content (AvgIpc) is 3.44. The van der Waals surface area contributed by atoms with E-state index in [4.69, 9.17) is 32.7 Å². The number of halogens is 1. The molecule has 18 nitrogen and oxygen atoms in total. The summed E-state index contributed by atoms with van der Waals surface area (Å²) in [4.78, 5) is 78.6. The first-order valence-electron chi connectivity index (χ1n) is 16.1. The van der Waals surface area contributed by atoms with Gasteiger partial charge in [-0.2, -0.15) is 4.67 Å². The molecule has 53 heavy (non-hydrogen) atoms. The minimum atomic E-state index is -4.82. The maximum Gasteiger partial charge on any atom is 0.462 e. The highest BCUT2D eigenvalue weighted by molar-refractivity contribution is 9.11. The maximum atomic E-state index is 14.7. The van der Waals surface area contributed by atoms with Crippen molar-refractivity contribution in [2.45, 2.75) is 66.4 Å². The molecule has 3 rings (SSSR count). The van der Waals surface area contributed by atoms with Crippen LogP contribution in [0.2, 0.25) is 0 Å². The van der Waals surface area contributed by atoms with Crippen LogP contribution in [0.5, 0.6) is 5.75 Å². The van der Waals surface area contributed by atoms with Crippen LogP contribution < -0.4 is 15.8 Å². The second-order valence-electron chi connectivity index (χ2n) is 13.6. The first-order valence-corrected chi connectivity index (χ1v) is 18.5. The molecule has 2 aromatic rings. The smallest absolute Gasteiger partial charge is 0.427 e. The number of hydrogen-bond donors (Lipinski definition) is 2. The Morgan fingerprint density at radius 3 is 2.02 bits per heavy atom. The Hall–Kier alpha value is -4.13. The first-order chi connectivity index (χ1) is 24.7. The fourth-order valence-corrected chi connectivity index (χ4v) is 6.15. The fraction of sp³-hybridized carbons (Fsp3) is 0.515. The molecule has 1 fully saturated rings. The van der Waals surface area contributed by atoms with Crippen molar-refractivity contribution in [3.8, 4) is 5.75 Å². The lowest BCUT2D eigenvalue weighted by atomic mass is 9.97. The molecule has 0 radical (unpaired) electrons. The highest BCUT2D eigenvalue weighted by Crippen LogP contribution is 2.52. The van der Waals surface area contributed by atoms with Crippen molar-refractivity contribution in [2.75, 3.05) is 33.3 Å². The molecule has 20 heteroatoms. The summed E-state index contributed by atoms with van der Waals surface area (Å²) < 4.78 is 53.7. The lowest BCUT2D eigenvalue weighted by Gasteiger charge is -2.30. The number of aliphatic hydroxyl groups excluding tert-OH is 1. The van der Waals surface area contributed by atoms with Crippen molar-refractivity contribution >= 4 is 53.6 Å². The van der Waals surface area contributed by atoms with E-state index in [1.807, 2.05) is 0 Å². The van der Waals surface area contributed by atoms with Gasteiger partial charge in [-0.05, 0) is 64.7 Å². The van der Waals surface area contributed by atoms with Crippen molar-refractivity contribution < 1.29 is 61.6 Å². The SMILES string of the molecule is CC(C)(C)C(=O)OCOC(=O)CN(CC(=O)OCOC(=O)C(C)(C)C)P(=O)(OC[C@H]1OC(n2cc(/C=C/Br)c(=O)[nH]c2=O)C[C@@H]1O)Oc1ccccc1. The number of aliphatic hydroxyl groups is 1. The number of nitrogens with one attached hydrogen (secondary N) is 1. The Morgan fingerprint density at radius 1 is 0.962 bits per heavy atom. The largest absolute Gasteiger partial charge is 0.462 e. The van der Waals surface area contributed by atoms with E-state index in [1.54, 1.807) is 59.7 Å². The summed E-state index contributed by atoms with van der Waals surface area (Å²) in [5, 5.41) is 10.9. The lowest BCUT2D eigenvalue weighted by molar-refractivity contribution is -0.173. The van der Waals surface area contributed by atoms with Crippen LogP contribution in [0.3, 0.4) is 0 Å². The average molecular weight is 833 g/mol. The van der Waals surface area contributed by atoms with Gasteiger partial charge in [-0.3, -0.25) is 38.0 Å². The molecule has 2 N–H and O–H groups in total. The Labute approximate surface area is 313 Å². The third-order valence-corrected chi connectivity index (χ3v) is 9.29. The number of H-pyrrole nitrogens is 1. The van der Waals surface area contributed by atoms with Gasteiger partial charge in [0, 0.05) is 12.6 Å². The van der Waals surface area contributed by atoms with Crippen LogP contribution in [-0.4, -0.2) is 88.7 Å². The van der Waals surface area contributed by atoms with Crippen LogP contribution in [0, 0.1) is 10.8 Å². The molecule has 292 valence electrons. The zero-order chi connectivity index (χ0) is 39.6. The van der Waals surface area contributed by atoms with Crippen LogP contribution in [0.25, 0.3) is 6.08 Å². The zero-order valence-corrected chi connectivity index (χ0v) is 32.5. The molecule has 0 spiro atoms. The Kier molecular flexibility index (Phi) is 15.3. The van der Waals surface area contributed by atoms with Gasteiger partial charge in [0.05, 0.1) is 29.1 Å². The van der Waals surface area contributed by atoms with Gasteiger partial charge in [-0.15, -0.1) is 0 Å². The van der Waals surface area contributed by atoms with Crippen LogP contribution in [0.4, 0.5) is 0 Å². The molecule has 0 saturated carbocycles. The van der Waals surface area contributed by atoms with E-state index >= 15 is 0 Å². The molecule has 0 amide bonds. The van der Waals surface area contributed by atoms with Gasteiger partial charge in [0.1, 0.15) is 31.2 Å². The van der Waals surface area contributed by atoms with Gasteiger partial charge in [-0.1, -0.05) is 34.1 Å². The number of nitrogens with zero attached hydrogens (tertiary/aromatic N) is 2. The second kappa shape index (κ2) is 18.8. The Morgan fingerprint density at radius 2 is 1.51 bits per heavy atom. The lowest BCUT2D eigenvalue weighted by Crippen LogP contribution is -2.38. The summed E-state index contributed by atoms with van der Waals surface area (Å²) in [6.07, 6.45) is -1.14. The van der Waals surface area contributed by atoms with Gasteiger partial charge in [-0.25, -0.2) is 9.36 Å². The van der Waals surface area contributed by atoms with Crippen LogP contribution in [0.15, 0.2) is 51.1 Å². The molecule has 4 atom stereocenters. The maximum absolute atomic E-state index is 14.7. The van der Waals surface area contributed by atoms with Crippen molar-refractivity contribution in [3.63, 3.8) is 0 Å². The number of esters is 4. The standard InChI is InChI=1S/C33H43BrN3O15P/c1-32(2,3)29(42)48-19-46-26(39)16-36(17-27(40)47-20-49-30(43)33(4,5)6)53(45,52-22-10-8-7-9-11-22)50-18-24-23(38)14-25(51-24)37-15-21(12-13-34)28(41)35-31(37)44/h7-13,15,23-25,38H,14,16-20H2,1-6H3,(H,35,41,44)/b13-12+/t23-,24+,25?,53?/m0/s1. The Balaban J connectivity index is 1.87. The molecule has 1 aliphatic heterocycles. The highest BCUT2D eigenvalue weighted by Gasteiger charge is 2.43. The van der Waals surface area contributed by atoms with E-state index in [2.05, 4.69) is 20.9 Å². The summed E-state index contributed by atoms with van der Waals surface area (Å²) in [6.45, 7) is 5.36. The fourth-order valence-electron chi connectivity index (χ4n) is 4.23. The number of para-hydroxylation sites is 1. The number of benzene rings is 1. The third kappa shape index (κ3) is 13.0. The van der Waals surface area contributed by atoms with Crippen molar-refractivity contribution in [1.82, 2.24) is 14.2 Å². The van der Waals surface area contributed by atoms with E-state index in [-0.39, 0.29) is 17.7 Å². The van der Waals surface area contributed by atoms with E-state index in [1.165, 1.54) is 29.4 Å². The molecule has 0 aliphatic carbocycles. The number of hydrogen-bond acceptors (Lipinski definition) is 15. The number of carbonyl (C=O) groups excluding carboxylic acids is 4. The third-order valence-electron chi connectivity index (χ3n) is 7.13. The van der Waals surface area contributed by atoms with E-state index in [0.717, 1.165) is 4.57 Å². The second-order valence-corrected chi connectivity index (χ2v) is 16.1. The van der Waals surface area contributed by atoms with Crippen LogP contribution in [0.1, 0.15) is 59.8 Å². The molecule has 1 aromatic carbocycles. The van der Waals surface area contributed by atoms with Crippen LogP contribution in [-0.2, 0) is 52.0 Å². The summed E-state index contributed by atoms with van der Waals surface area (Å²) in [5.74, 6) is -3.61. The van der Waals surface area contributed by atoms with Crippen LogP contribution >= 0.6 is 23.7 Å². The van der Waals surface area contributed by atoms with E-state index in [0.29, 0.717) is 4.67 Å². The summed E-state index contributed by atoms with van der Waals surface area (Å²) in [6, 6.07) is 7.58. The molecule has 1 aromatic heterocycles. The van der Waals surface area contributed by atoms with Crippen molar-refractivity contribution in [1.29, 1.82) is 0 Å². The van der Waals surface area contributed by atoms with E-state index in [9.17, 15) is 38.4 Å². The molecule has 1 saturated heterocycles. The van der Waals surface area contributed by atoms with Gasteiger partial charge in [0.2, 0.25) is 13.6 Å². The topological polar surface area (TPSA) is 228 Å². The Bertz CT molecular complexity index is 1750. The van der Waals surface area contributed by atoms with E-state index < -0.39 is 105 Å². The summed E-state index contributed by atoms with van der Waals surface area (Å²) in [7, 11) is -4.82. The molecular formula is C33H43BrN3O15P. The zero-order valence-electron chi connectivity index (χ0n) is 30.0. The predicted molar refractivity (Wildman–Crippen MR) is 189 cm³/mol. The number of ether oxygens (including phenoxy) is 5. The summed E-state index contributed by atoms with van der Waals surface area (Å²) >= 11 is 3.07. The van der Waals surface area contributed by atoms with Crippen molar-refractivity contribution in [3.05, 3.63) is 67.9 Å². The van der Waals surface area contributed by atoms with Gasteiger partial charge in [0.15, 0.2) is 0 Å². The van der Waals surface area contributed by atoms with Gasteiger partial charge >= 0.3 is 37.3 Å². The quantitative estimate of drug-likeness (QED) is 0.141. The predicted octanol–water partition coefficient (Wildman–Crippen LogP) is 3.24. The molecular weight excluding hydrogens is 789 g/mol. The first kappa shape index (κ1) is 43.3. The van der Waals surface area contributed by atoms with Gasteiger partial charge in [0.25, 0.3) is 5.56 Å². The monoisotopic (exact) mass is 831 g/mol. The van der Waals surface area contributed by atoms with Gasteiger partial charge < -0.3 is 33.3 Å².